The first kappa shape index (κ1) is 8.89. The van der Waals surface area contributed by atoms with Crippen LogP contribution in [0.1, 0.15) is 0 Å². The van der Waals surface area contributed by atoms with E-state index in [1.54, 1.807) is 0 Å². The van der Waals surface area contributed by atoms with Crippen molar-refractivity contribution in [2.75, 3.05) is 0 Å². The van der Waals surface area contributed by atoms with Gasteiger partial charge in [0.1, 0.15) is 0 Å². The topological polar surface area (TPSA) is 63.4 Å². The van der Waals surface area contributed by atoms with Gasteiger partial charge >= 0.3 is 5.69 Å². The van der Waals surface area contributed by atoms with Crippen LogP contribution >= 0.6 is 11.3 Å². The van der Waals surface area contributed by atoms with E-state index in [-0.39, 0.29) is 0 Å². The first-order chi connectivity index (χ1) is 6.58. The van der Waals surface area contributed by atoms with Gasteiger partial charge in [0.25, 0.3) is 0 Å². The maximum atomic E-state index is 12.8. The van der Waals surface area contributed by atoms with Gasteiger partial charge in [-0.05, 0) is 17.5 Å². The quantitative estimate of drug-likeness (QED) is 0.585. The van der Waals surface area contributed by atoms with Crippen molar-refractivity contribution in [1.29, 1.82) is 0 Å². The first-order valence-corrected chi connectivity index (χ1v) is 4.46. The largest absolute Gasteiger partial charge is 0.502 e. The van der Waals surface area contributed by atoms with Gasteiger partial charge in [-0.25, -0.2) is 0 Å². The number of rotatable bonds is 1. The maximum Gasteiger partial charge on any atom is 0.312 e. The van der Waals surface area contributed by atoms with Crippen LogP contribution in [0.4, 0.5) is 10.1 Å². The van der Waals surface area contributed by atoms with Gasteiger partial charge in [-0.15, -0.1) is 11.3 Å². The Labute approximate surface area is 81.4 Å². The lowest BCUT2D eigenvalue weighted by Gasteiger charge is -1.94. The monoisotopic (exact) mass is 213 g/mol. The van der Waals surface area contributed by atoms with Crippen molar-refractivity contribution in [3.8, 4) is 5.75 Å². The predicted octanol–water partition coefficient (Wildman–Crippen LogP) is 2.65. The highest BCUT2D eigenvalue weighted by atomic mass is 32.1. The highest BCUT2D eigenvalue weighted by Gasteiger charge is 2.15. The summed E-state index contributed by atoms with van der Waals surface area (Å²) in [7, 11) is 0. The molecule has 2 rings (SSSR count). The predicted molar refractivity (Wildman–Crippen MR) is 50.1 cm³/mol. The Morgan fingerprint density at radius 3 is 2.79 bits per heavy atom. The molecule has 0 saturated heterocycles. The molecule has 0 amide bonds. The number of fused-ring (bicyclic) bond motifs is 1. The summed E-state index contributed by atoms with van der Waals surface area (Å²) in [6, 6.07) is 3.58. The average Bonchev–Trinajstić information content (AvgIpc) is 2.42. The molecule has 0 unspecified atom stereocenters. The molecule has 1 heterocycles. The number of phenols is 1. The third-order valence-electron chi connectivity index (χ3n) is 1.78. The molecule has 1 aromatic carbocycles. The molecule has 1 aromatic heterocycles. The van der Waals surface area contributed by atoms with Crippen LogP contribution in [0.25, 0.3) is 10.1 Å². The zero-order valence-corrected chi connectivity index (χ0v) is 7.55. The minimum atomic E-state index is -0.702. The summed E-state index contributed by atoms with van der Waals surface area (Å²) in [4.78, 5) is 9.73. The highest BCUT2D eigenvalue weighted by Crippen LogP contribution is 2.34. The van der Waals surface area contributed by atoms with Gasteiger partial charge in [-0.2, -0.15) is 4.39 Å². The van der Waals surface area contributed by atoms with Crippen LogP contribution in [-0.4, -0.2) is 10.0 Å². The third-order valence-corrected chi connectivity index (χ3v) is 2.67. The Morgan fingerprint density at radius 1 is 1.43 bits per heavy atom. The molecule has 0 aliphatic rings. The van der Waals surface area contributed by atoms with Gasteiger partial charge in [-0.3, -0.25) is 10.1 Å². The molecule has 72 valence electrons. The lowest BCUT2D eigenvalue weighted by molar-refractivity contribution is -0.385. The van der Waals surface area contributed by atoms with E-state index in [9.17, 15) is 19.6 Å². The van der Waals surface area contributed by atoms with Crippen LogP contribution in [0.5, 0.6) is 5.75 Å². The molecule has 0 radical (unpaired) electrons. The van der Waals surface area contributed by atoms with E-state index in [0.29, 0.717) is 10.1 Å². The van der Waals surface area contributed by atoms with Crippen molar-refractivity contribution in [3.05, 3.63) is 33.4 Å². The standard InChI is InChI=1S/C8H4FNO3S/c9-8-2-4-1-6(11)5(10(12)13)3-7(4)14-8/h1-3,11H. The van der Waals surface area contributed by atoms with Crippen molar-refractivity contribution in [3.63, 3.8) is 0 Å². The van der Waals surface area contributed by atoms with E-state index in [0.717, 1.165) is 11.3 Å². The van der Waals surface area contributed by atoms with Gasteiger partial charge in [0.15, 0.2) is 10.9 Å². The number of phenolic OH excluding ortho intramolecular Hbond substituents is 1. The van der Waals surface area contributed by atoms with Crippen molar-refractivity contribution >= 4 is 27.1 Å². The third kappa shape index (κ3) is 1.29. The lowest BCUT2D eigenvalue weighted by atomic mass is 10.2. The molecule has 2 aromatic rings. The molecule has 0 atom stereocenters. The number of nitro benzene ring substituents is 1. The van der Waals surface area contributed by atoms with Gasteiger partial charge in [0.05, 0.1) is 4.92 Å². The summed E-state index contributed by atoms with van der Waals surface area (Å²) in [5, 5.41) is 19.7. The van der Waals surface area contributed by atoms with E-state index in [1.807, 2.05) is 0 Å². The number of halogens is 1. The molecular weight excluding hydrogens is 209 g/mol. The molecule has 0 bridgehead atoms. The summed E-state index contributed by atoms with van der Waals surface area (Å²) >= 11 is 0.810. The van der Waals surface area contributed by atoms with Gasteiger partial charge in [-0.1, -0.05) is 0 Å². The average molecular weight is 213 g/mol. The number of aromatic hydroxyl groups is 1. The second kappa shape index (κ2) is 2.91. The number of hydrogen-bond donors (Lipinski definition) is 1. The van der Waals surface area contributed by atoms with E-state index >= 15 is 0 Å². The summed E-state index contributed by atoms with van der Waals surface area (Å²) in [5.74, 6) is -0.444. The number of thiophene rings is 1. The van der Waals surface area contributed by atoms with Crippen LogP contribution < -0.4 is 0 Å². The fourth-order valence-corrected chi connectivity index (χ4v) is 1.98. The Kier molecular flexibility index (Phi) is 1.85. The van der Waals surface area contributed by atoms with Crippen molar-refractivity contribution in [2.45, 2.75) is 0 Å². The molecule has 0 aliphatic carbocycles. The minimum Gasteiger partial charge on any atom is -0.502 e. The zero-order chi connectivity index (χ0) is 10.3. The number of hydrogen-bond acceptors (Lipinski definition) is 4. The number of nitro groups is 1. The highest BCUT2D eigenvalue weighted by molar-refractivity contribution is 7.17. The van der Waals surface area contributed by atoms with Crippen LogP contribution in [0, 0.1) is 15.2 Å². The zero-order valence-electron chi connectivity index (χ0n) is 6.73. The van der Waals surface area contributed by atoms with E-state index < -0.39 is 21.5 Å². The molecule has 6 heteroatoms. The normalized spacial score (nSPS) is 10.6. The molecule has 4 nitrogen and oxygen atoms in total. The summed E-state index contributed by atoms with van der Waals surface area (Å²) in [6.07, 6.45) is 0. The molecule has 0 saturated carbocycles. The van der Waals surface area contributed by atoms with E-state index in [2.05, 4.69) is 0 Å². The second-order valence-electron chi connectivity index (χ2n) is 2.69. The van der Waals surface area contributed by atoms with Gasteiger partial charge < -0.3 is 5.11 Å². The summed E-state index contributed by atoms with van der Waals surface area (Å²) < 4.78 is 13.2. The van der Waals surface area contributed by atoms with Crippen LogP contribution in [0.3, 0.4) is 0 Å². The Balaban J connectivity index is 2.76. The van der Waals surface area contributed by atoms with Gasteiger partial charge in [0, 0.05) is 10.8 Å². The van der Waals surface area contributed by atoms with E-state index in [4.69, 9.17) is 0 Å². The Bertz CT molecular complexity index is 523. The van der Waals surface area contributed by atoms with Crippen molar-refractivity contribution in [2.24, 2.45) is 0 Å². The van der Waals surface area contributed by atoms with E-state index in [1.165, 1.54) is 18.2 Å². The molecule has 0 fully saturated rings. The Hall–Kier alpha value is -1.69. The van der Waals surface area contributed by atoms with Crippen LogP contribution in [0.15, 0.2) is 18.2 Å². The second-order valence-corrected chi connectivity index (χ2v) is 3.72. The van der Waals surface area contributed by atoms with Crippen molar-refractivity contribution in [1.82, 2.24) is 0 Å². The van der Waals surface area contributed by atoms with Gasteiger partial charge in [0.2, 0.25) is 0 Å². The smallest absolute Gasteiger partial charge is 0.312 e. The molecule has 1 N–H and O–H groups in total. The summed E-state index contributed by atoms with van der Waals surface area (Å²) in [5.41, 5.74) is -0.403. The number of benzene rings is 1. The van der Waals surface area contributed by atoms with Crippen LogP contribution in [-0.2, 0) is 0 Å². The summed E-state index contributed by atoms with van der Waals surface area (Å²) in [6.45, 7) is 0. The van der Waals surface area contributed by atoms with Crippen molar-refractivity contribution < 1.29 is 14.4 Å². The minimum absolute atomic E-state index is 0.403. The number of nitrogens with zero attached hydrogens (tertiary/aromatic N) is 1. The fourth-order valence-electron chi connectivity index (χ4n) is 1.18. The SMILES string of the molecule is O=[N+]([O-])c1cc2sc(F)cc2cc1O. The fraction of sp³-hybridized carbons (Fsp3) is 0. The first-order valence-electron chi connectivity index (χ1n) is 3.64. The molecule has 14 heavy (non-hydrogen) atoms. The molecule has 0 aliphatic heterocycles. The Morgan fingerprint density at radius 2 is 2.14 bits per heavy atom. The maximum absolute atomic E-state index is 12.8. The molecule has 0 spiro atoms. The molecular formula is C8H4FNO3S. The lowest BCUT2D eigenvalue weighted by Crippen LogP contribution is -1.87. The van der Waals surface area contributed by atoms with Crippen LogP contribution in [0.2, 0.25) is 0 Å².